The summed E-state index contributed by atoms with van der Waals surface area (Å²) >= 11 is 0. The second kappa shape index (κ2) is 40.8. The fourth-order valence-corrected chi connectivity index (χ4v) is 7.06. The van der Waals surface area contributed by atoms with Crippen molar-refractivity contribution in [2.24, 2.45) is 0 Å². The van der Waals surface area contributed by atoms with Crippen LogP contribution in [0.3, 0.4) is 0 Å². The monoisotopic (exact) mass is 736 g/mol. The van der Waals surface area contributed by atoms with Crippen molar-refractivity contribution >= 4 is 11.9 Å². The molecule has 0 fully saturated rings. The summed E-state index contributed by atoms with van der Waals surface area (Å²) in [6.07, 6.45) is 42.7. The Bertz CT molecular complexity index is 787. The molecule has 0 aliphatic carbocycles. The summed E-state index contributed by atoms with van der Waals surface area (Å²) in [5.74, 6) is -0.477. The van der Waals surface area contributed by atoms with Crippen LogP contribution < -0.4 is 5.32 Å². The van der Waals surface area contributed by atoms with Gasteiger partial charge >= 0.3 is 5.97 Å². The molecule has 0 aromatic heterocycles. The Balaban J connectivity index is 4.50. The lowest BCUT2D eigenvalue weighted by molar-refractivity contribution is -0.151. The van der Waals surface area contributed by atoms with Crippen molar-refractivity contribution in [1.82, 2.24) is 5.32 Å². The van der Waals surface area contributed by atoms with E-state index in [2.05, 4.69) is 38.2 Å². The Morgan fingerprint density at radius 1 is 0.538 bits per heavy atom. The van der Waals surface area contributed by atoms with Gasteiger partial charge in [-0.05, 0) is 44.9 Å². The predicted octanol–water partition coefficient (Wildman–Crippen LogP) is 13.0. The number of carbonyl (C=O) groups excluding carboxylic acids is 2. The Hall–Kier alpha value is -1.40. The Morgan fingerprint density at radius 3 is 1.42 bits per heavy atom. The van der Waals surface area contributed by atoms with Crippen LogP contribution in [0.1, 0.15) is 245 Å². The summed E-state index contributed by atoms with van der Waals surface area (Å²) in [5.41, 5.74) is 0. The van der Waals surface area contributed by atoms with Gasteiger partial charge in [-0.15, -0.1) is 0 Å². The molecule has 0 saturated heterocycles. The van der Waals surface area contributed by atoms with Gasteiger partial charge in [0, 0.05) is 6.42 Å². The van der Waals surface area contributed by atoms with Crippen LogP contribution in [0.2, 0.25) is 0 Å². The number of aliphatic hydroxyl groups excluding tert-OH is 2. The molecule has 0 saturated carbocycles. The highest BCUT2D eigenvalue weighted by Gasteiger charge is 2.24. The quantitative estimate of drug-likeness (QED) is 0.0330. The molecule has 0 spiro atoms. The number of ether oxygens (including phenoxy) is 1. The van der Waals surface area contributed by atoms with Gasteiger partial charge in [0.1, 0.15) is 6.10 Å². The van der Waals surface area contributed by atoms with Gasteiger partial charge in [-0.3, -0.25) is 9.59 Å². The summed E-state index contributed by atoms with van der Waals surface area (Å²) in [6.45, 7) is 6.43. The van der Waals surface area contributed by atoms with Crippen LogP contribution in [-0.2, 0) is 14.3 Å². The van der Waals surface area contributed by atoms with Gasteiger partial charge < -0.3 is 20.3 Å². The van der Waals surface area contributed by atoms with Crippen LogP contribution >= 0.6 is 0 Å². The number of carbonyl (C=O) groups is 2. The van der Waals surface area contributed by atoms with Crippen molar-refractivity contribution in [3.63, 3.8) is 0 Å². The molecule has 6 heteroatoms. The third-order valence-corrected chi connectivity index (χ3v) is 10.6. The van der Waals surface area contributed by atoms with Gasteiger partial charge in [-0.25, -0.2) is 0 Å². The molecule has 1 amide bonds. The Labute approximate surface area is 323 Å². The largest absolute Gasteiger partial charge is 0.462 e. The minimum atomic E-state index is -0.780. The van der Waals surface area contributed by atoms with Crippen molar-refractivity contribution < 1.29 is 24.5 Å². The second-order valence-corrected chi connectivity index (χ2v) is 15.8. The molecule has 0 aliphatic rings. The molecule has 0 heterocycles. The van der Waals surface area contributed by atoms with E-state index in [0.717, 1.165) is 51.4 Å². The van der Waals surface area contributed by atoms with Crippen LogP contribution in [0.15, 0.2) is 12.2 Å². The van der Waals surface area contributed by atoms with E-state index >= 15 is 0 Å². The number of hydrogen-bond donors (Lipinski definition) is 3. The minimum Gasteiger partial charge on any atom is -0.462 e. The van der Waals surface area contributed by atoms with E-state index in [-0.39, 0.29) is 24.9 Å². The molecular weight excluding hydrogens is 647 g/mol. The number of nitrogens with one attached hydrogen (secondary N) is 1. The third kappa shape index (κ3) is 35.6. The summed E-state index contributed by atoms with van der Waals surface area (Å²) in [4.78, 5) is 25.9. The number of allylic oxidation sites excluding steroid dienone is 2. The first-order valence-electron chi connectivity index (χ1n) is 22.9. The summed E-state index contributed by atoms with van der Waals surface area (Å²) in [6, 6.07) is -0.694. The highest BCUT2D eigenvalue weighted by Crippen LogP contribution is 2.18. The van der Waals surface area contributed by atoms with E-state index in [9.17, 15) is 19.8 Å². The smallest absolute Gasteiger partial charge is 0.306 e. The van der Waals surface area contributed by atoms with E-state index in [0.29, 0.717) is 19.3 Å². The SMILES string of the molecule is CCCC/C=C\CCCCCCCC(=O)OC(CCCCCCCCCCC)CC(=O)NC(CO)C(O)CCCCCCCCCCCCCCC. The number of amides is 1. The van der Waals surface area contributed by atoms with Crippen LogP contribution in [0, 0.1) is 0 Å². The van der Waals surface area contributed by atoms with Crippen molar-refractivity contribution in [2.75, 3.05) is 6.61 Å². The summed E-state index contributed by atoms with van der Waals surface area (Å²) in [7, 11) is 0. The van der Waals surface area contributed by atoms with E-state index in [1.165, 1.54) is 148 Å². The maximum Gasteiger partial charge on any atom is 0.306 e. The van der Waals surface area contributed by atoms with E-state index in [1.54, 1.807) is 0 Å². The lowest BCUT2D eigenvalue weighted by Crippen LogP contribution is -2.46. The first-order valence-corrected chi connectivity index (χ1v) is 22.9. The summed E-state index contributed by atoms with van der Waals surface area (Å²) in [5, 5.41) is 23.6. The topological polar surface area (TPSA) is 95.9 Å². The van der Waals surface area contributed by atoms with E-state index in [1.807, 2.05) is 0 Å². The van der Waals surface area contributed by atoms with Gasteiger partial charge in [0.15, 0.2) is 0 Å². The van der Waals surface area contributed by atoms with Gasteiger partial charge in [0.2, 0.25) is 5.91 Å². The van der Waals surface area contributed by atoms with Crippen molar-refractivity contribution in [3.8, 4) is 0 Å². The molecule has 3 N–H and O–H groups in total. The number of esters is 1. The lowest BCUT2D eigenvalue weighted by Gasteiger charge is -2.24. The molecule has 0 aliphatic heterocycles. The number of unbranched alkanes of at least 4 members (excludes halogenated alkanes) is 27. The molecule has 3 atom stereocenters. The molecule has 0 bridgehead atoms. The first kappa shape index (κ1) is 50.6. The predicted molar refractivity (Wildman–Crippen MR) is 223 cm³/mol. The van der Waals surface area contributed by atoms with E-state index < -0.39 is 18.2 Å². The highest BCUT2D eigenvalue weighted by molar-refractivity contribution is 5.77. The summed E-state index contributed by atoms with van der Waals surface area (Å²) < 4.78 is 5.88. The fraction of sp³-hybridized carbons (Fsp3) is 0.913. The van der Waals surface area contributed by atoms with Crippen LogP contribution in [0.5, 0.6) is 0 Å². The molecule has 3 unspecified atom stereocenters. The van der Waals surface area contributed by atoms with Gasteiger partial charge in [0.05, 0.1) is 25.2 Å². The zero-order chi connectivity index (χ0) is 38.2. The molecular formula is C46H89NO5. The first-order chi connectivity index (χ1) is 25.5. The fourth-order valence-electron chi connectivity index (χ4n) is 7.06. The van der Waals surface area contributed by atoms with Crippen LogP contribution in [0.4, 0.5) is 0 Å². The Kier molecular flexibility index (Phi) is 39.7. The molecule has 0 rings (SSSR count). The second-order valence-electron chi connectivity index (χ2n) is 15.8. The lowest BCUT2D eigenvalue weighted by atomic mass is 10.0. The van der Waals surface area contributed by atoms with Gasteiger partial charge in [-0.2, -0.15) is 0 Å². The molecule has 0 radical (unpaired) electrons. The average molecular weight is 736 g/mol. The maximum absolute atomic E-state index is 13.1. The molecule has 0 aromatic rings. The van der Waals surface area contributed by atoms with E-state index in [4.69, 9.17) is 4.74 Å². The van der Waals surface area contributed by atoms with Gasteiger partial charge in [-0.1, -0.05) is 200 Å². The number of hydrogen-bond acceptors (Lipinski definition) is 5. The zero-order valence-corrected chi connectivity index (χ0v) is 35.0. The van der Waals surface area contributed by atoms with Crippen LogP contribution in [-0.4, -0.2) is 46.9 Å². The standard InChI is InChI=1S/C46H89NO5/c1-4-7-10-13-16-19-21-22-24-26-29-32-35-38-44(49)43(41-48)47-45(50)40-42(37-34-31-28-25-18-15-12-9-6-3)52-46(51)39-36-33-30-27-23-20-17-14-11-8-5-2/h14,17,42-44,48-49H,4-13,15-16,18-41H2,1-3H3,(H,47,50)/b17-14-. The normalized spacial score (nSPS) is 13.4. The Morgan fingerprint density at radius 2 is 0.942 bits per heavy atom. The molecule has 52 heavy (non-hydrogen) atoms. The third-order valence-electron chi connectivity index (χ3n) is 10.6. The van der Waals surface area contributed by atoms with Crippen molar-refractivity contribution in [1.29, 1.82) is 0 Å². The molecule has 308 valence electrons. The number of aliphatic hydroxyl groups is 2. The number of rotatable bonds is 41. The van der Waals surface area contributed by atoms with Crippen molar-refractivity contribution in [2.45, 2.75) is 264 Å². The molecule has 0 aromatic carbocycles. The average Bonchev–Trinajstić information content (AvgIpc) is 3.13. The molecule has 6 nitrogen and oxygen atoms in total. The van der Waals surface area contributed by atoms with Crippen molar-refractivity contribution in [3.05, 3.63) is 12.2 Å². The maximum atomic E-state index is 13.1. The van der Waals surface area contributed by atoms with Crippen LogP contribution in [0.25, 0.3) is 0 Å². The zero-order valence-electron chi connectivity index (χ0n) is 35.0. The highest BCUT2D eigenvalue weighted by atomic mass is 16.5. The minimum absolute atomic E-state index is 0.0799. The van der Waals surface area contributed by atoms with Gasteiger partial charge in [0.25, 0.3) is 0 Å².